The number of nitrogens with zero attached hydrogens (tertiary/aromatic N) is 7. The van der Waals surface area contributed by atoms with Crippen molar-refractivity contribution in [1.82, 2.24) is 28.6 Å². The number of hydrogen-bond donors (Lipinski definition) is 0. The molecule has 0 spiro atoms. The normalized spacial score (nSPS) is 18.0. The van der Waals surface area contributed by atoms with Crippen molar-refractivity contribution in [1.29, 1.82) is 5.26 Å². The van der Waals surface area contributed by atoms with Crippen LogP contribution in [0.3, 0.4) is 0 Å². The van der Waals surface area contributed by atoms with Crippen LogP contribution in [0, 0.1) is 11.3 Å². The molecule has 4 heterocycles. The lowest BCUT2D eigenvalue weighted by Crippen LogP contribution is -2.64. The standard InChI is InChI=1S/C22H28N7O3SSi/c1-34(2)10-9-32-16-27-8-5-19-20(24-15-25-21(19)27)17-11-26-29(12-17)22(6-7-23)13-28(14-22)33(30,31)18-3-4-18/h5,8,11-12,15,18H,3-4,6,9-10,13-14,16H2,1-2H3/q+1. The highest BCUT2D eigenvalue weighted by molar-refractivity contribution is 7.90. The topological polar surface area (TPSA) is 119 Å². The average molecular weight is 499 g/mol. The first kappa shape index (κ1) is 23.2. The Labute approximate surface area is 200 Å². The van der Waals surface area contributed by atoms with E-state index in [1.54, 1.807) is 10.9 Å². The van der Waals surface area contributed by atoms with Gasteiger partial charge in [0.1, 0.15) is 24.2 Å². The number of hydrogen-bond acceptors (Lipinski definition) is 7. The molecule has 34 heavy (non-hydrogen) atoms. The van der Waals surface area contributed by atoms with Crippen molar-refractivity contribution in [3.63, 3.8) is 0 Å². The number of aromatic nitrogens is 5. The smallest absolute Gasteiger partial charge is 0.310 e. The molecule has 2 aliphatic rings. The highest BCUT2D eigenvalue weighted by Gasteiger charge is 2.53. The summed E-state index contributed by atoms with van der Waals surface area (Å²) in [6.07, 6.45) is 8.70. The monoisotopic (exact) mass is 498 g/mol. The van der Waals surface area contributed by atoms with E-state index in [2.05, 4.69) is 34.2 Å². The zero-order valence-corrected chi connectivity index (χ0v) is 21.2. The van der Waals surface area contributed by atoms with Crippen LogP contribution < -0.4 is 0 Å². The molecule has 12 heteroatoms. The minimum Gasteiger partial charge on any atom is -0.358 e. The molecule has 0 atom stereocenters. The van der Waals surface area contributed by atoms with E-state index >= 15 is 0 Å². The number of sulfonamides is 1. The van der Waals surface area contributed by atoms with Gasteiger partial charge in [0.2, 0.25) is 10.0 Å². The molecule has 0 amide bonds. The summed E-state index contributed by atoms with van der Waals surface area (Å²) in [4.78, 5) is 8.94. The summed E-state index contributed by atoms with van der Waals surface area (Å²) in [5.41, 5.74) is 1.68. The highest BCUT2D eigenvalue weighted by atomic mass is 32.2. The first-order chi connectivity index (χ1) is 16.3. The van der Waals surface area contributed by atoms with Crippen molar-refractivity contribution in [2.45, 2.75) is 55.9 Å². The van der Waals surface area contributed by atoms with Gasteiger partial charge in [0.25, 0.3) is 0 Å². The molecule has 0 aromatic carbocycles. The van der Waals surface area contributed by atoms with Crippen LogP contribution in [0.15, 0.2) is 31.0 Å². The molecular formula is C22H28N7O3SSi+. The van der Waals surface area contributed by atoms with E-state index in [0.717, 1.165) is 47.8 Å². The maximum absolute atomic E-state index is 12.6. The number of fused-ring (bicyclic) bond motifs is 1. The van der Waals surface area contributed by atoms with Gasteiger partial charge in [-0.05, 0) is 18.9 Å². The predicted octanol–water partition coefficient (Wildman–Crippen LogP) is 2.44. The summed E-state index contributed by atoms with van der Waals surface area (Å²) in [5.74, 6) is 0. The molecule has 2 fully saturated rings. The van der Waals surface area contributed by atoms with E-state index in [-0.39, 0.29) is 33.6 Å². The van der Waals surface area contributed by atoms with Crippen LogP contribution >= 0.6 is 0 Å². The lowest BCUT2D eigenvalue weighted by atomic mass is 9.89. The minimum absolute atomic E-state index is 0.191. The zero-order chi connectivity index (χ0) is 23.9. The summed E-state index contributed by atoms with van der Waals surface area (Å²) in [6.45, 7) is 6.25. The third-order valence-electron chi connectivity index (χ3n) is 6.53. The van der Waals surface area contributed by atoms with Crippen LogP contribution in [-0.4, -0.2) is 70.8 Å². The summed E-state index contributed by atoms with van der Waals surface area (Å²) in [7, 11) is -3.57. The van der Waals surface area contributed by atoms with Gasteiger partial charge in [0, 0.05) is 36.4 Å². The van der Waals surface area contributed by atoms with E-state index in [1.807, 2.05) is 23.0 Å². The van der Waals surface area contributed by atoms with Gasteiger partial charge in [0.05, 0.1) is 55.4 Å². The van der Waals surface area contributed by atoms with Gasteiger partial charge in [-0.25, -0.2) is 18.4 Å². The molecule has 5 rings (SSSR count). The van der Waals surface area contributed by atoms with Gasteiger partial charge < -0.3 is 9.30 Å². The molecule has 0 N–H and O–H groups in total. The van der Waals surface area contributed by atoms with Gasteiger partial charge in [-0.1, -0.05) is 0 Å². The maximum atomic E-state index is 12.6. The second-order valence-corrected chi connectivity index (χ2v) is 14.6. The Bertz CT molecular complexity index is 1330. The Morgan fingerprint density at radius 2 is 2.09 bits per heavy atom. The third kappa shape index (κ3) is 4.17. The van der Waals surface area contributed by atoms with E-state index in [0.29, 0.717) is 6.73 Å². The van der Waals surface area contributed by atoms with E-state index in [1.165, 1.54) is 10.6 Å². The fourth-order valence-electron chi connectivity index (χ4n) is 4.33. The van der Waals surface area contributed by atoms with Crippen molar-refractivity contribution in [2.75, 3.05) is 19.7 Å². The SMILES string of the molecule is C[Si+](C)CCOCn1ccc2c(-c3cnn(C4(CC#N)CN(S(=O)(=O)C5CC5)C4)c3)ncnc21. The molecule has 178 valence electrons. The number of rotatable bonds is 10. The van der Waals surface area contributed by atoms with Gasteiger partial charge >= 0.3 is 8.80 Å². The van der Waals surface area contributed by atoms with Crippen molar-refractivity contribution in [3.05, 3.63) is 31.0 Å². The number of ether oxygens (including phenoxy) is 1. The Hall–Kier alpha value is -2.59. The van der Waals surface area contributed by atoms with Gasteiger partial charge in [0.15, 0.2) is 0 Å². The van der Waals surface area contributed by atoms with Crippen LogP contribution in [0.4, 0.5) is 0 Å². The Morgan fingerprint density at radius 1 is 1.29 bits per heavy atom. The van der Waals surface area contributed by atoms with Gasteiger partial charge in [-0.15, -0.1) is 0 Å². The van der Waals surface area contributed by atoms with Gasteiger partial charge in [-0.3, -0.25) is 4.68 Å². The molecule has 3 aromatic heterocycles. The summed E-state index contributed by atoms with van der Waals surface area (Å²) in [6, 6.07) is 5.29. The fraction of sp³-hybridized carbons (Fsp3) is 0.545. The maximum Gasteiger partial charge on any atom is 0.310 e. The molecule has 1 aliphatic heterocycles. The summed E-state index contributed by atoms with van der Waals surface area (Å²) < 4.78 is 36.2. The minimum atomic E-state index is -3.26. The largest absolute Gasteiger partial charge is 0.358 e. The quantitative estimate of drug-likeness (QED) is 0.311. The molecule has 0 radical (unpaired) electrons. The molecule has 10 nitrogen and oxygen atoms in total. The highest BCUT2D eigenvalue weighted by Crippen LogP contribution is 2.40. The lowest BCUT2D eigenvalue weighted by Gasteiger charge is -2.48. The summed E-state index contributed by atoms with van der Waals surface area (Å²) in [5, 5.41) is 14.6. The fourth-order valence-corrected chi connectivity index (χ4v) is 6.88. The molecule has 0 unspecified atom stereocenters. The Morgan fingerprint density at radius 3 is 2.79 bits per heavy atom. The van der Waals surface area contributed by atoms with E-state index in [4.69, 9.17) is 4.74 Å². The van der Waals surface area contributed by atoms with Crippen molar-refractivity contribution < 1.29 is 13.2 Å². The predicted molar refractivity (Wildman–Crippen MR) is 129 cm³/mol. The van der Waals surface area contributed by atoms with Gasteiger partial charge in [-0.2, -0.15) is 14.7 Å². The van der Waals surface area contributed by atoms with Crippen LogP contribution in [-0.2, 0) is 27.0 Å². The van der Waals surface area contributed by atoms with Crippen molar-refractivity contribution in [3.8, 4) is 17.3 Å². The molecule has 3 aromatic rings. The van der Waals surface area contributed by atoms with Crippen LogP contribution in [0.5, 0.6) is 0 Å². The first-order valence-corrected chi connectivity index (χ1v) is 15.6. The van der Waals surface area contributed by atoms with Crippen LogP contribution in [0.1, 0.15) is 19.3 Å². The lowest BCUT2D eigenvalue weighted by molar-refractivity contribution is 0.0716. The van der Waals surface area contributed by atoms with E-state index < -0.39 is 15.6 Å². The second kappa shape index (κ2) is 8.88. The van der Waals surface area contributed by atoms with E-state index in [9.17, 15) is 13.7 Å². The molecule has 1 saturated carbocycles. The third-order valence-corrected chi connectivity index (χ3v) is 10.0. The Balaban J connectivity index is 1.37. The molecule has 1 aliphatic carbocycles. The van der Waals surface area contributed by atoms with Crippen molar-refractivity contribution >= 4 is 29.9 Å². The average Bonchev–Trinajstić information content (AvgIpc) is 3.40. The van der Waals surface area contributed by atoms with Crippen LogP contribution in [0.2, 0.25) is 19.1 Å². The number of nitriles is 1. The van der Waals surface area contributed by atoms with Crippen LogP contribution in [0.25, 0.3) is 22.3 Å². The first-order valence-electron chi connectivity index (χ1n) is 11.4. The van der Waals surface area contributed by atoms with Crippen molar-refractivity contribution in [2.24, 2.45) is 0 Å². The Kier molecular flexibility index (Phi) is 6.05. The molecular weight excluding hydrogens is 470 g/mol. The summed E-state index contributed by atoms with van der Waals surface area (Å²) >= 11 is 0. The molecule has 1 saturated heterocycles. The zero-order valence-electron chi connectivity index (χ0n) is 19.4. The molecule has 0 bridgehead atoms. The second-order valence-electron chi connectivity index (χ2n) is 9.48.